The molecule has 0 unspecified atom stereocenters. The van der Waals surface area contributed by atoms with Gasteiger partial charge in [-0.15, -0.1) is 0 Å². The highest BCUT2D eigenvalue weighted by atomic mass is 35.5. The Morgan fingerprint density at radius 1 is 0.935 bits per heavy atom. The topological polar surface area (TPSA) is 52.7 Å². The van der Waals surface area contributed by atoms with Gasteiger partial charge in [-0.3, -0.25) is 9.59 Å². The summed E-state index contributed by atoms with van der Waals surface area (Å²) in [6.45, 7) is 3.21. The van der Waals surface area contributed by atoms with Crippen molar-refractivity contribution in [1.82, 2.24) is 4.90 Å². The number of piperazine rings is 1. The predicted octanol–water partition coefficient (Wildman–Crippen LogP) is 5.21. The number of nitrogens with one attached hydrogen (secondary N) is 1. The molecule has 1 saturated carbocycles. The van der Waals surface area contributed by atoms with Crippen LogP contribution >= 0.6 is 11.6 Å². The monoisotopic (exact) mass is 439 g/mol. The van der Waals surface area contributed by atoms with Crippen molar-refractivity contribution in [1.29, 1.82) is 0 Å². The summed E-state index contributed by atoms with van der Waals surface area (Å²) in [6, 6.07) is 14.9. The van der Waals surface area contributed by atoms with Gasteiger partial charge in [0, 0.05) is 44.0 Å². The number of amides is 2. The van der Waals surface area contributed by atoms with Crippen LogP contribution in [0.15, 0.2) is 48.5 Å². The highest BCUT2D eigenvalue weighted by Gasteiger charge is 2.23. The molecule has 2 aromatic rings. The fraction of sp³-hybridized carbons (Fsp3) is 0.440. The van der Waals surface area contributed by atoms with Crippen LogP contribution in [-0.4, -0.2) is 42.9 Å². The van der Waals surface area contributed by atoms with E-state index < -0.39 is 0 Å². The molecular formula is C25H30ClN3O2. The Balaban J connectivity index is 1.26. The molecule has 0 aromatic heterocycles. The van der Waals surface area contributed by atoms with E-state index in [2.05, 4.69) is 10.2 Å². The van der Waals surface area contributed by atoms with E-state index in [1.165, 1.54) is 25.7 Å². The predicted molar refractivity (Wildman–Crippen MR) is 126 cm³/mol. The van der Waals surface area contributed by atoms with Crippen LogP contribution in [0.3, 0.4) is 0 Å². The van der Waals surface area contributed by atoms with Crippen LogP contribution in [0.5, 0.6) is 0 Å². The van der Waals surface area contributed by atoms with Gasteiger partial charge < -0.3 is 15.1 Å². The normalized spacial score (nSPS) is 17.1. The smallest absolute Gasteiger partial charge is 0.257 e. The van der Waals surface area contributed by atoms with Gasteiger partial charge in [-0.2, -0.15) is 0 Å². The van der Waals surface area contributed by atoms with Crippen molar-refractivity contribution in [3.05, 3.63) is 59.1 Å². The van der Waals surface area contributed by atoms with Crippen LogP contribution in [0.25, 0.3) is 0 Å². The van der Waals surface area contributed by atoms with Gasteiger partial charge in [0.2, 0.25) is 5.91 Å². The summed E-state index contributed by atoms with van der Waals surface area (Å²) in [6.07, 6.45) is 7.02. The lowest BCUT2D eigenvalue weighted by atomic mass is 10.0. The van der Waals surface area contributed by atoms with Crippen molar-refractivity contribution in [2.45, 2.75) is 38.5 Å². The van der Waals surface area contributed by atoms with Crippen molar-refractivity contribution in [2.75, 3.05) is 36.4 Å². The molecule has 2 amide bonds. The Hall–Kier alpha value is -2.53. The van der Waals surface area contributed by atoms with Crippen LogP contribution in [0, 0.1) is 5.92 Å². The molecule has 2 aliphatic rings. The number of carbonyl (C=O) groups excluding carboxylic acids is 2. The molecule has 0 spiro atoms. The first-order valence-electron chi connectivity index (χ1n) is 11.3. The third-order valence-electron chi connectivity index (χ3n) is 6.48. The molecule has 1 N–H and O–H groups in total. The lowest BCUT2D eigenvalue weighted by molar-refractivity contribution is -0.131. The molecule has 0 bridgehead atoms. The molecule has 6 heteroatoms. The fourth-order valence-electron chi connectivity index (χ4n) is 4.60. The van der Waals surface area contributed by atoms with Gasteiger partial charge in [0.25, 0.3) is 5.91 Å². The van der Waals surface area contributed by atoms with Crippen molar-refractivity contribution in [2.24, 2.45) is 5.92 Å². The lowest BCUT2D eigenvalue weighted by Crippen LogP contribution is -2.48. The zero-order chi connectivity index (χ0) is 21.6. The Bertz CT molecular complexity index is 901. The van der Waals surface area contributed by atoms with Crippen molar-refractivity contribution in [3.63, 3.8) is 0 Å². The van der Waals surface area contributed by atoms with Crippen LogP contribution in [0.1, 0.15) is 48.9 Å². The molecule has 31 heavy (non-hydrogen) atoms. The van der Waals surface area contributed by atoms with Crippen molar-refractivity contribution < 1.29 is 9.59 Å². The van der Waals surface area contributed by atoms with Crippen LogP contribution in [0.2, 0.25) is 5.02 Å². The zero-order valence-corrected chi connectivity index (χ0v) is 18.6. The number of halogens is 1. The van der Waals surface area contributed by atoms with Crippen molar-refractivity contribution >= 4 is 34.8 Å². The van der Waals surface area contributed by atoms with E-state index in [9.17, 15) is 9.59 Å². The maximum Gasteiger partial charge on any atom is 0.257 e. The number of anilines is 2. The minimum Gasteiger partial charge on any atom is -0.368 e. The second kappa shape index (κ2) is 10.2. The Labute approximate surface area is 189 Å². The maximum absolute atomic E-state index is 12.5. The number of rotatable bonds is 6. The van der Waals surface area contributed by atoms with E-state index >= 15 is 0 Å². The first-order chi connectivity index (χ1) is 15.1. The van der Waals surface area contributed by atoms with Crippen molar-refractivity contribution in [3.8, 4) is 0 Å². The standard InChI is InChI=1S/C25H30ClN3O2/c26-23-8-4-3-7-22(23)25(31)27-20-10-12-21(13-11-20)28-15-17-29(18-16-28)24(30)14-9-19-5-1-2-6-19/h3-4,7-8,10-13,19H,1-2,5-6,9,14-18H2,(H,27,31). The first kappa shape index (κ1) is 21.7. The second-order valence-corrected chi connectivity index (χ2v) is 8.95. The summed E-state index contributed by atoms with van der Waals surface area (Å²) < 4.78 is 0. The van der Waals surface area contributed by atoms with E-state index in [1.54, 1.807) is 24.3 Å². The van der Waals surface area contributed by atoms with Gasteiger partial charge in [-0.1, -0.05) is 49.4 Å². The maximum atomic E-state index is 12.5. The van der Waals surface area contributed by atoms with E-state index in [1.807, 2.05) is 29.2 Å². The molecule has 5 nitrogen and oxygen atoms in total. The van der Waals surface area contributed by atoms with Gasteiger partial charge in [0.05, 0.1) is 10.6 Å². The van der Waals surface area contributed by atoms with Gasteiger partial charge in [-0.05, 0) is 48.7 Å². The summed E-state index contributed by atoms with van der Waals surface area (Å²) in [7, 11) is 0. The summed E-state index contributed by atoms with van der Waals surface area (Å²) in [5, 5.41) is 3.33. The SMILES string of the molecule is O=C(Nc1ccc(N2CCN(C(=O)CCC3CCCC3)CC2)cc1)c1ccccc1Cl. The molecule has 1 saturated heterocycles. The number of nitrogens with zero attached hydrogens (tertiary/aromatic N) is 2. The lowest BCUT2D eigenvalue weighted by Gasteiger charge is -2.36. The van der Waals surface area contributed by atoms with Crippen LogP contribution < -0.4 is 10.2 Å². The second-order valence-electron chi connectivity index (χ2n) is 8.54. The van der Waals surface area contributed by atoms with Gasteiger partial charge in [0.15, 0.2) is 0 Å². The van der Waals surface area contributed by atoms with E-state index in [4.69, 9.17) is 11.6 Å². The first-order valence-corrected chi connectivity index (χ1v) is 11.7. The summed E-state index contributed by atoms with van der Waals surface area (Å²) >= 11 is 6.10. The van der Waals surface area contributed by atoms with E-state index in [0.29, 0.717) is 22.9 Å². The molecular weight excluding hydrogens is 410 g/mol. The molecule has 2 fully saturated rings. The third-order valence-corrected chi connectivity index (χ3v) is 6.81. The molecule has 0 radical (unpaired) electrons. The number of hydrogen-bond donors (Lipinski definition) is 1. The molecule has 1 heterocycles. The molecule has 164 valence electrons. The number of benzene rings is 2. The zero-order valence-electron chi connectivity index (χ0n) is 17.9. The minimum atomic E-state index is -0.219. The average Bonchev–Trinajstić information content (AvgIpc) is 3.32. The molecule has 0 atom stereocenters. The Kier molecular flexibility index (Phi) is 7.13. The Morgan fingerprint density at radius 3 is 2.29 bits per heavy atom. The van der Waals surface area contributed by atoms with Gasteiger partial charge in [0.1, 0.15) is 0 Å². The summed E-state index contributed by atoms with van der Waals surface area (Å²) in [5.74, 6) is 0.856. The largest absolute Gasteiger partial charge is 0.368 e. The minimum absolute atomic E-state index is 0.219. The van der Waals surface area contributed by atoms with Gasteiger partial charge >= 0.3 is 0 Å². The average molecular weight is 440 g/mol. The fourth-order valence-corrected chi connectivity index (χ4v) is 4.82. The highest BCUT2D eigenvalue weighted by Crippen LogP contribution is 2.29. The van der Waals surface area contributed by atoms with E-state index in [-0.39, 0.29) is 5.91 Å². The highest BCUT2D eigenvalue weighted by molar-refractivity contribution is 6.34. The molecule has 4 rings (SSSR count). The molecule has 2 aromatic carbocycles. The van der Waals surface area contributed by atoms with E-state index in [0.717, 1.165) is 49.9 Å². The summed E-state index contributed by atoms with van der Waals surface area (Å²) in [4.78, 5) is 29.3. The van der Waals surface area contributed by atoms with Gasteiger partial charge in [-0.25, -0.2) is 0 Å². The Morgan fingerprint density at radius 2 is 1.61 bits per heavy atom. The third kappa shape index (κ3) is 5.59. The van der Waals surface area contributed by atoms with Crippen LogP contribution in [-0.2, 0) is 4.79 Å². The number of carbonyl (C=O) groups is 2. The summed E-state index contributed by atoms with van der Waals surface area (Å²) in [5.41, 5.74) is 2.30. The number of hydrogen-bond acceptors (Lipinski definition) is 3. The van der Waals surface area contributed by atoms with Crippen LogP contribution in [0.4, 0.5) is 11.4 Å². The quantitative estimate of drug-likeness (QED) is 0.672. The molecule has 1 aliphatic carbocycles. The molecule has 1 aliphatic heterocycles.